The second kappa shape index (κ2) is 6.87. The summed E-state index contributed by atoms with van der Waals surface area (Å²) in [5.41, 5.74) is 6.89. The molecule has 4 heteroatoms. The molecule has 4 rings (SSSR count). The Balaban J connectivity index is 1.68. The van der Waals surface area contributed by atoms with Crippen molar-refractivity contribution in [3.05, 3.63) is 65.4 Å². The van der Waals surface area contributed by atoms with Crippen molar-refractivity contribution in [2.75, 3.05) is 7.11 Å². The van der Waals surface area contributed by atoms with Crippen LogP contribution in [-0.2, 0) is 15.6 Å². The third-order valence-electron chi connectivity index (χ3n) is 6.32. The summed E-state index contributed by atoms with van der Waals surface area (Å²) in [7, 11) is 1.38. The number of carbonyl (C=O) groups is 1. The van der Waals surface area contributed by atoms with Crippen molar-refractivity contribution in [1.29, 1.82) is 0 Å². The summed E-state index contributed by atoms with van der Waals surface area (Å²) in [6.45, 7) is 9.36. The predicted octanol–water partition coefficient (Wildman–Crippen LogP) is 5.88. The first-order valence-electron chi connectivity index (χ1n) is 10.1. The molecule has 1 aliphatic carbocycles. The molecule has 1 N–H and O–H groups in total. The van der Waals surface area contributed by atoms with Gasteiger partial charge in [-0.25, -0.2) is 9.78 Å². The number of benzene rings is 2. The van der Waals surface area contributed by atoms with Crippen LogP contribution in [0.15, 0.2) is 48.7 Å². The summed E-state index contributed by atoms with van der Waals surface area (Å²) in [4.78, 5) is 19.6. The van der Waals surface area contributed by atoms with Gasteiger partial charge in [-0.15, -0.1) is 0 Å². The van der Waals surface area contributed by atoms with Crippen molar-refractivity contribution in [2.24, 2.45) is 0 Å². The molecule has 4 nitrogen and oxygen atoms in total. The summed E-state index contributed by atoms with van der Waals surface area (Å²) >= 11 is 0. The number of imidazole rings is 1. The summed E-state index contributed by atoms with van der Waals surface area (Å²) in [6.07, 6.45) is 4.28. The number of aromatic nitrogens is 2. The molecule has 1 aliphatic rings. The van der Waals surface area contributed by atoms with Gasteiger partial charge in [0.2, 0.25) is 0 Å². The van der Waals surface area contributed by atoms with Gasteiger partial charge in [-0.1, -0.05) is 52.0 Å². The van der Waals surface area contributed by atoms with Crippen LogP contribution in [0.3, 0.4) is 0 Å². The van der Waals surface area contributed by atoms with E-state index in [1.165, 1.54) is 31.1 Å². The first kappa shape index (κ1) is 19.4. The van der Waals surface area contributed by atoms with Gasteiger partial charge in [-0.05, 0) is 58.6 Å². The average Bonchev–Trinajstić information content (AvgIpc) is 3.21. The van der Waals surface area contributed by atoms with Gasteiger partial charge in [0.05, 0.1) is 24.6 Å². The van der Waals surface area contributed by atoms with Crippen LogP contribution in [0.25, 0.3) is 22.6 Å². The lowest BCUT2D eigenvalue weighted by atomic mass is 9.63. The highest BCUT2D eigenvalue weighted by atomic mass is 16.5. The maximum absolute atomic E-state index is 11.6. The maximum Gasteiger partial charge on any atom is 0.337 e. The number of rotatable bonds is 3. The number of carbonyl (C=O) groups excluding carboxylic acids is 1. The monoisotopic (exact) mass is 388 g/mol. The Bertz CT molecular complexity index is 1060. The number of hydrogen-bond acceptors (Lipinski definition) is 3. The predicted molar refractivity (Wildman–Crippen MR) is 116 cm³/mol. The minimum atomic E-state index is -0.337. The molecule has 2 aromatic carbocycles. The minimum Gasteiger partial charge on any atom is -0.465 e. The van der Waals surface area contributed by atoms with E-state index in [-0.39, 0.29) is 16.8 Å². The lowest BCUT2D eigenvalue weighted by molar-refractivity contribution is 0.0600. The highest BCUT2D eigenvalue weighted by Crippen LogP contribution is 2.46. The largest absolute Gasteiger partial charge is 0.465 e. The van der Waals surface area contributed by atoms with Gasteiger partial charge in [-0.2, -0.15) is 0 Å². The van der Waals surface area contributed by atoms with Crippen molar-refractivity contribution in [3.63, 3.8) is 0 Å². The molecule has 150 valence electrons. The van der Waals surface area contributed by atoms with Crippen molar-refractivity contribution >= 4 is 5.97 Å². The second-order valence-electron chi connectivity index (χ2n) is 9.24. The molecule has 0 fully saturated rings. The zero-order valence-corrected chi connectivity index (χ0v) is 17.8. The second-order valence-corrected chi connectivity index (χ2v) is 9.24. The Morgan fingerprint density at radius 1 is 0.931 bits per heavy atom. The van der Waals surface area contributed by atoms with Crippen LogP contribution < -0.4 is 0 Å². The van der Waals surface area contributed by atoms with E-state index in [1.807, 2.05) is 18.3 Å². The standard InChI is InChI=1S/C25H28N2O2/c1-24(2)12-13-25(3,4)20-14-18(10-11-19(20)24)21-15-26-22(27-21)16-6-8-17(9-7-16)23(28)29-5/h6-11,14-15H,12-13H2,1-5H3,(H,26,27). The number of nitrogens with zero attached hydrogens (tertiary/aromatic N) is 1. The van der Waals surface area contributed by atoms with Crippen LogP contribution in [0, 0.1) is 0 Å². The Labute approximate surface area is 172 Å². The van der Waals surface area contributed by atoms with Crippen LogP contribution in [0.4, 0.5) is 0 Å². The number of nitrogens with one attached hydrogen (secondary N) is 1. The van der Waals surface area contributed by atoms with Gasteiger partial charge < -0.3 is 9.72 Å². The molecule has 0 aliphatic heterocycles. The molecule has 0 amide bonds. The highest BCUT2D eigenvalue weighted by Gasteiger charge is 2.37. The summed E-state index contributed by atoms with van der Waals surface area (Å²) in [5, 5.41) is 0. The normalized spacial score (nSPS) is 16.9. The van der Waals surface area contributed by atoms with Crippen molar-refractivity contribution < 1.29 is 9.53 Å². The zero-order chi connectivity index (χ0) is 20.8. The fraction of sp³-hybridized carbons (Fsp3) is 0.360. The molecule has 0 saturated heterocycles. The molecule has 3 aromatic rings. The van der Waals surface area contributed by atoms with Crippen LogP contribution >= 0.6 is 0 Å². The number of fused-ring (bicyclic) bond motifs is 1. The first-order chi connectivity index (χ1) is 13.7. The van der Waals surface area contributed by atoms with Crippen molar-refractivity contribution in [2.45, 2.75) is 51.4 Å². The van der Waals surface area contributed by atoms with E-state index in [0.717, 1.165) is 22.6 Å². The fourth-order valence-electron chi connectivity index (χ4n) is 4.25. The van der Waals surface area contributed by atoms with E-state index in [2.05, 4.69) is 55.9 Å². The summed E-state index contributed by atoms with van der Waals surface area (Å²) in [6, 6.07) is 14.1. The summed E-state index contributed by atoms with van der Waals surface area (Å²) < 4.78 is 4.76. The topological polar surface area (TPSA) is 55.0 Å². The third-order valence-corrected chi connectivity index (χ3v) is 6.32. The van der Waals surface area contributed by atoms with Gasteiger partial charge in [0.15, 0.2) is 0 Å². The smallest absolute Gasteiger partial charge is 0.337 e. The SMILES string of the molecule is COC(=O)c1ccc(-c2ncc(-c3ccc4c(c3)C(C)(C)CCC4(C)C)[nH]2)cc1. The Hall–Kier alpha value is -2.88. The van der Waals surface area contributed by atoms with Gasteiger partial charge in [-0.3, -0.25) is 0 Å². The quantitative estimate of drug-likeness (QED) is 0.570. The number of esters is 1. The third kappa shape index (κ3) is 3.48. The molecule has 0 atom stereocenters. The molecular formula is C25H28N2O2. The highest BCUT2D eigenvalue weighted by molar-refractivity contribution is 5.89. The van der Waals surface area contributed by atoms with Crippen LogP contribution in [0.5, 0.6) is 0 Å². The molecule has 0 spiro atoms. The molecule has 1 heterocycles. The molecule has 29 heavy (non-hydrogen) atoms. The van der Waals surface area contributed by atoms with E-state index in [0.29, 0.717) is 5.56 Å². The molecule has 0 bridgehead atoms. The molecule has 0 saturated carbocycles. The lowest BCUT2D eigenvalue weighted by Crippen LogP contribution is -2.33. The van der Waals surface area contributed by atoms with Gasteiger partial charge in [0, 0.05) is 5.56 Å². The fourth-order valence-corrected chi connectivity index (χ4v) is 4.25. The number of hydrogen-bond donors (Lipinski definition) is 1. The van der Waals surface area contributed by atoms with Gasteiger partial charge in [0.25, 0.3) is 0 Å². The van der Waals surface area contributed by atoms with Crippen LogP contribution in [0.1, 0.15) is 62.0 Å². The Morgan fingerprint density at radius 2 is 1.55 bits per heavy atom. The van der Waals surface area contributed by atoms with Crippen LogP contribution in [0.2, 0.25) is 0 Å². The Morgan fingerprint density at radius 3 is 2.21 bits per heavy atom. The van der Waals surface area contributed by atoms with E-state index >= 15 is 0 Å². The maximum atomic E-state index is 11.6. The van der Waals surface area contributed by atoms with E-state index < -0.39 is 0 Å². The van der Waals surface area contributed by atoms with Crippen molar-refractivity contribution in [3.8, 4) is 22.6 Å². The average molecular weight is 389 g/mol. The van der Waals surface area contributed by atoms with E-state index in [1.54, 1.807) is 12.1 Å². The number of H-pyrrole nitrogens is 1. The number of aromatic amines is 1. The van der Waals surface area contributed by atoms with Gasteiger partial charge in [0.1, 0.15) is 5.82 Å². The van der Waals surface area contributed by atoms with Crippen molar-refractivity contribution in [1.82, 2.24) is 9.97 Å². The Kier molecular flexibility index (Phi) is 4.60. The molecule has 1 aromatic heterocycles. The number of ether oxygens (including phenoxy) is 1. The zero-order valence-electron chi connectivity index (χ0n) is 17.8. The lowest BCUT2D eigenvalue weighted by Gasteiger charge is -2.42. The van der Waals surface area contributed by atoms with Gasteiger partial charge >= 0.3 is 5.97 Å². The van der Waals surface area contributed by atoms with E-state index in [9.17, 15) is 4.79 Å². The summed E-state index contributed by atoms with van der Waals surface area (Å²) in [5.74, 6) is 0.449. The number of methoxy groups -OCH3 is 1. The molecule has 0 radical (unpaired) electrons. The van der Waals surface area contributed by atoms with E-state index in [4.69, 9.17) is 4.74 Å². The molecular weight excluding hydrogens is 360 g/mol. The van der Waals surface area contributed by atoms with Crippen LogP contribution in [-0.4, -0.2) is 23.0 Å². The first-order valence-corrected chi connectivity index (χ1v) is 10.1. The minimum absolute atomic E-state index is 0.174. The molecule has 0 unspecified atom stereocenters.